The summed E-state index contributed by atoms with van der Waals surface area (Å²) in [6.07, 6.45) is 1.78. The highest BCUT2D eigenvalue weighted by Crippen LogP contribution is 2.14. The standard InChI is InChI=1S/C14H20N4O/c1-4-19-14-7-5-13(6-8-14)18-16-10-12(17-18)9-15-11(2)3/h5-8,10-11,15H,4,9H2,1-3H3. The minimum absolute atomic E-state index is 0.440. The van der Waals surface area contributed by atoms with Gasteiger partial charge >= 0.3 is 0 Å². The van der Waals surface area contributed by atoms with Gasteiger partial charge in [0.2, 0.25) is 0 Å². The van der Waals surface area contributed by atoms with Crippen LogP contribution < -0.4 is 10.1 Å². The number of hydrogen-bond donors (Lipinski definition) is 1. The molecule has 0 atom stereocenters. The van der Waals surface area contributed by atoms with Gasteiger partial charge in [-0.2, -0.15) is 15.0 Å². The van der Waals surface area contributed by atoms with Crippen LogP contribution in [0.2, 0.25) is 0 Å². The Balaban J connectivity index is 2.05. The maximum atomic E-state index is 5.41. The zero-order valence-corrected chi connectivity index (χ0v) is 11.6. The number of aromatic nitrogens is 3. The lowest BCUT2D eigenvalue weighted by Gasteiger charge is -2.05. The molecule has 0 bridgehead atoms. The molecule has 0 saturated heterocycles. The molecule has 5 nitrogen and oxygen atoms in total. The Morgan fingerprint density at radius 2 is 2.00 bits per heavy atom. The molecule has 0 radical (unpaired) electrons. The Morgan fingerprint density at radius 3 is 2.63 bits per heavy atom. The van der Waals surface area contributed by atoms with Gasteiger partial charge in [0, 0.05) is 12.6 Å². The maximum absolute atomic E-state index is 5.41. The normalized spacial score (nSPS) is 10.9. The number of nitrogens with zero attached hydrogens (tertiary/aromatic N) is 3. The number of hydrogen-bond acceptors (Lipinski definition) is 4. The number of ether oxygens (including phenoxy) is 1. The van der Waals surface area contributed by atoms with Crippen LogP contribution in [0.1, 0.15) is 26.5 Å². The van der Waals surface area contributed by atoms with Crippen molar-refractivity contribution in [3.63, 3.8) is 0 Å². The van der Waals surface area contributed by atoms with Crippen molar-refractivity contribution in [1.82, 2.24) is 20.3 Å². The van der Waals surface area contributed by atoms with Crippen LogP contribution in [0.5, 0.6) is 5.75 Å². The molecule has 0 aliphatic carbocycles. The number of rotatable bonds is 6. The molecule has 0 fully saturated rings. The first-order valence-corrected chi connectivity index (χ1v) is 6.57. The molecule has 0 unspecified atom stereocenters. The van der Waals surface area contributed by atoms with Gasteiger partial charge in [0.15, 0.2) is 0 Å². The summed E-state index contributed by atoms with van der Waals surface area (Å²) in [5.41, 5.74) is 1.86. The van der Waals surface area contributed by atoms with Gasteiger partial charge in [-0.1, -0.05) is 13.8 Å². The summed E-state index contributed by atoms with van der Waals surface area (Å²) in [7, 11) is 0. The molecule has 1 N–H and O–H groups in total. The quantitative estimate of drug-likeness (QED) is 0.864. The van der Waals surface area contributed by atoms with Crippen molar-refractivity contribution in [2.24, 2.45) is 0 Å². The van der Waals surface area contributed by atoms with E-state index in [2.05, 4.69) is 29.4 Å². The highest BCUT2D eigenvalue weighted by Gasteiger charge is 2.03. The van der Waals surface area contributed by atoms with Gasteiger partial charge in [-0.05, 0) is 31.2 Å². The van der Waals surface area contributed by atoms with Crippen LogP contribution in [0, 0.1) is 0 Å². The Labute approximate surface area is 113 Å². The van der Waals surface area contributed by atoms with Gasteiger partial charge in [0.05, 0.1) is 24.2 Å². The molecule has 0 amide bonds. The summed E-state index contributed by atoms with van der Waals surface area (Å²) in [5, 5.41) is 12.0. The Kier molecular flexibility index (Phi) is 4.52. The predicted molar refractivity (Wildman–Crippen MR) is 74.5 cm³/mol. The first kappa shape index (κ1) is 13.5. The smallest absolute Gasteiger partial charge is 0.119 e. The second-order valence-corrected chi connectivity index (χ2v) is 4.59. The second kappa shape index (κ2) is 6.33. The van der Waals surface area contributed by atoms with Gasteiger partial charge in [-0.15, -0.1) is 0 Å². The van der Waals surface area contributed by atoms with E-state index in [9.17, 15) is 0 Å². The second-order valence-electron chi connectivity index (χ2n) is 4.59. The van der Waals surface area contributed by atoms with Gasteiger partial charge in [0.1, 0.15) is 5.75 Å². The monoisotopic (exact) mass is 260 g/mol. The molecule has 0 aliphatic heterocycles. The molecule has 1 aromatic heterocycles. The lowest BCUT2D eigenvalue weighted by molar-refractivity contribution is 0.340. The van der Waals surface area contributed by atoms with E-state index in [-0.39, 0.29) is 0 Å². The minimum atomic E-state index is 0.440. The highest BCUT2D eigenvalue weighted by molar-refractivity contribution is 5.35. The molecule has 5 heteroatoms. The first-order valence-electron chi connectivity index (χ1n) is 6.57. The summed E-state index contributed by atoms with van der Waals surface area (Å²) in [5.74, 6) is 0.861. The van der Waals surface area contributed by atoms with Crippen LogP contribution in [0.25, 0.3) is 5.69 Å². The van der Waals surface area contributed by atoms with Gasteiger partial charge in [0.25, 0.3) is 0 Å². The van der Waals surface area contributed by atoms with Crippen molar-refractivity contribution in [1.29, 1.82) is 0 Å². The van der Waals surface area contributed by atoms with Crippen molar-refractivity contribution in [3.8, 4) is 11.4 Å². The van der Waals surface area contributed by atoms with Gasteiger partial charge < -0.3 is 10.1 Å². The minimum Gasteiger partial charge on any atom is -0.494 e. The third kappa shape index (κ3) is 3.79. The fourth-order valence-corrected chi connectivity index (χ4v) is 1.65. The van der Waals surface area contributed by atoms with E-state index in [1.54, 1.807) is 11.0 Å². The third-order valence-electron chi connectivity index (χ3n) is 2.61. The number of benzene rings is 1. The predicted octanol–water partition coefficient (Wildman–Crippen LogP) is 2.16. The zero-order chi connectivity index (χ0) is 13.7. The zero-order valence-electron chi connectivity index (χ0n) is 11.6. The van der Waals surface area contributed by atoms with E-state index in [4.69, 9.17) is 4.74 Å². The summed E-state index contributed by atoms with van der Waals surface area (Å²) in [6, 6.07) is 8.19. The summed E-state index contributed by atoms with van der Waals surface area (Å²) in [6.45, 7) is 7.59. The van der Waals surface area contributed by atoms with Crippen molar-refractivity contribution in [3.05, 3.63) is 36.2 Å². The van der Waals surface area contributed by atoms with Crippen LogP contribution in [0.4, 0.5) is 0 Å². The third-order valence-corrected chi connectivity index (χ3v) is 2.61. The van der Waals surface area contributed by atoms with Crippen LogP contribution in [-0.4, -0.2) is 27.6 Å². The molecule has 1 aromatic carbocycles. The van der Waals surface area contributed by atoms with Crippen molar-refractivity contribution >= 4 is 0 Å². The summed E-state index contributed by atoms with van der Waals surface area (Å²) < 4.78 is 5.41. The molecule has 2 rings (SSSR count). The molecular weight excluding hydrogens is 240 g/mol. The summed E-state index contributed by atoms with van der Waals surface area (Å²) >= 11 is 0. The van der Waals surface area contributed by atoms with Crippen LogP contribution in [0.3, 0.4) is 0 Å². The Hall–Kier alpha value is -1.88. The first-order chi connectivity index (χ1) is 9.19. The lowest BCUT2D eigenvalue weighted by Crippen LogP contribution is -2.22. The van der Waals surface area contributed by atoms with E-state index in [1.165, 1.54) is 0 Å². The molecule has 0 saturated carbocycles. The number of nitrogens with one attached hydrogen (secondary N) is 1. The van der Waals surface area contributed by atoms with Crippen LogP contribution in [0.15, 0.2) is 30.5 Å². The van der Waals surface area contributed by atoms with Crippen LogP contribution in [-0.2, 0) is 6.54 Å². The van der Waals surface area contributed by atoms with Gasteiger partial charge in [-0.25, -0.2) is 0 Å². The van der Waals surface area contributed by atoms with E-state index in [0.717, 1.165) is 23.7 Å². The van der Waals surface area contributed by atoms with E-state index < -0.39 is 0 Å². The Morgan fingerprint density at radius 1 is 1.26 bits per heavy atom. The Bertz CT molecular complexity index is 504. The molecule has 0 aliphatic rings. The average molecular weight is 260 g/mol. The van der Waals surface area contributed by atoms with Gasteiger partial charge in [-0.3, -0.25) is 0 Å². The largest absolute Gasteiger partial charge is 0.494 e. The fourth-order valence-electron chi connectivity index (χ4n) is 1.65. The van der Waals surface area contributed by atoms with E-state index in [1.807, 2.05) is 31.2 Å². The molecule has 2 aromatic rings. The molecule has 102 valence electrons. The SMILES string of the molecule is CCOc1ccc(-n2ncc(CNC(C)C)n2)cc1. The van der Waals surface area contributed by atoms with E-state index >= 15 is 0 Å². The van der Waals surface area contributed by atoms with Crippen molar-refractivity contribution in [2.75, 3.05) is 6.61 Å². The molecule has 1 heterocycles. The molecular formula is C14H20N4O. The molecule has 0 spiro atoms. The summed E-state index contributed by atoms with van der Waals surface area (Å²) in [4.78, 5) is 1.63. The van der Waals surface area contributed by atoms with Crippen LogP contribution >= 0.6 is 0 Å². The molecule has 19 heavy (non-hydrogen) atoms. The topological polar surface area (TPSA) is 52.0 Å². The van der Waals surface area contributed by atoms with Crippen molar-refractivity contribution in [2.45, 2.75) is 33.4 Å². The maximum Gasteiger partial charge on any atom is 0.119 e. The average Bonchev–Trinajstić information content (AvgIpc) is 2.86. The lowest BCUT2D eigenvalue weighted by atomic mass is 10.3. The van der Waals surface area contributed by atoms with E-state index in [0.29, 0.717) is 12.6 Å². The highest BCUT2D eigenvalue weighted by atomic mass is 16.5. The van der Waals surface area contributed by atoms with Crippen molar-refractivity contribution < 1.29 is 4.74 Å². The fraction of sp³-hybridized carbons (Fsp3) is 0.429.